The van der Waals surface area contributed by atoms with Gasteiger partial charge in [-0.15, -0.1) is 11.3 Å². The molecule has 0 saturated heterocycles. The Kier molecular flexibility index (Phi) is 7.89. The van der Waals surface area contributed by atoms with Crippen LogP contribution >= 0.6 is 22.9 Å². The average Bonchev–Trinajstić information content (AvgIpc) is 3.47. The van der Waals surface area contributed by atoms with E-state index in [1.807, 2.05) is 71.7 Å². The Bertz CT molecular complexity index is 1070. The number of carbonyl (C=O) groups is 2. The summed E-state index contributed by atoms with van der Waals surface area (Å²) in [7, 11) is 1.91. The number of aromatic nitrogens is 1. The summed E-state index contributed by atoms with van der Waals surface area (Å²) in [4.78, 5) is 30.1. The molecule has 2 aromatic heterocycles. The third kappa shape index (κ3) is 5.87. The zero-order valence-corrected chi connectivity index (χ0v) is 20.4. The molecule has 1 N–H and O–H groups in total. The Balaban J connectivity index is 1.69. The van der Waals surface area contributed by atoms with Crippen LogP contribution in [0.15, 0.2) is 60.1 Å². The Morgan fingerprint density at radius 1 is 1.12 bits per heavy atom. The number of amides is 2. The Labute approximate surface area is 204 Å². The van der Waals surface area contributed by atoms with Gasteiger partial charge < -0.3 is 14.8 Å². The Morgan fingerprint density at radius 3 is 2.58 bits per heavy atom. The summed E-state index contributed by atoms with van der Waals surface area (Å²) in [6.45, 7) is 0.262. The average molecular weight is 484 g/mol. The molecule has 0 bridgehead atoms. The van der Waals surface area contributed by atoms with Crippen molar-refractivity contribution >= 4 is 34.8 Å². The first-order chi connectivity index (χ1) is 16.0. The van der Waals surface area contributed by atoms with E-state index in [4.69, 9.17) is 11.6 Å². The van der Waals surface area contributed by atoms with Gasteiger partial charge in [0.1, 0.15) is 0 Å². The number of aryl methyl sites for hydroxylation is 1. The molecule has 1 aromatic carbocycles. The molecule has 0 aliphatic heterocycles. The van der Waals surface area contributed by atoms with Crippen LogP contribution in [-0.4, -0.2) is 27.3 Å². The van der Waals surface area contributed by atoms with Crippen molar-refractivity contribution in [2.45, 2.75) is 57.2 Å². The first kappa shape index (κ1) is 23.6. The molecule has 5 nitrogen and oxygen atoms in total. The molecule has 1 unspecified atom stereocenters. The van der Waals surface area contributed by atoms with E-state index in [2.05, 4.69) is 5.32 Å². The largest absolute Gasteiger partial charge is 0.352 e. The lowest BCUT2D eigenvalue weighted by molar-refractivity contribution is -0.141. The summed E-state index contributed by atoms with van der Waals surface area (Å²) in [5.41, 5.74) is 1.61. The van der Waals surface area contributed by atoms with E-state index in [9.17, 15) is 9.59 Å². The van der Waals surface area contributed by atoms with Crippen LogP contribution in [0.3, 0.4) is 0 Å². The fourth-order valence-corrected chi connectivity index (χ4v) is 5.41. The lowest BCUT2D eigenvalue weighted by Crippen LogP contribution is -2.47. The maximum Gasteiger partial charge on any atom is 0.249 e. The van der Waals surface area contributed by atoms with Crippen molar-refractivity contribution in [3.8, 4) is 0 Å². The van der Waals surface area contributed by atoms with E-state index in [0.717, 1.165) is 41.8 Å². The van der Waals surface area contributed by atoms with Gasteiger partial charge in [-0.2, -0.15) is 0 Å². The van der Waals surface area contributed by atoms with Gasteiger partial charge in [-0.05, 0) is 48.1 Å². The number of hydrogen-bond donors (Lipinski definition) is 1. The fraction of sp³-hybridized carbons (Fsp3) is 0.385. The molecule has 2 heterocycles. The SMILES string of the molecule is Cn1cccc1C(C(=O)NC1CCCCC1)N(Cc1ccccc1Cl)C(=O)Cc1cccs1. The van der Waals surface area contributed by atoms with Crippen molar-refractivity contribution < 1.29 is 9.59 Å². The maximum absolute atomic E-state index is 13.7. The van der Waals surface area contributed by atoms with Gasteiger partial charge in [0, 0.05) is 41.4 Å². The predicted octanol–water partition coefficient (Wildman–Crippen LogP) is 5.50. The number of rotatable bonds is 8. The number of hydrogen-bond acceptors (Lipinski definition) is 3. The molecule has 1 atom stereocenters. The van der Waals surface area contributed by atoms with Crippen LogP contribution in [-0.2, 0) is 29.6 Å². The van der Waals surface area contributed by atoms with Crippen LogP contribution < -0.4 is 5.32 Å². The van der Waals surface area contributed by atoms with Gasteiger partial charge >= 0.3 is 0 Å². The van der Waals surface area contributed by atoms with Crippen LogP contribution in [0, 0.1) is 0 Å². The van der Waals surface area contributed by atoms with Crippen LogP contribution in [0.4, 0.5) is 0 Å². The van der Waals surface area contributed by atoms with E-state index in [1.54, 1.807) is 16.2 Å². The summed E-state index contributed by atoms with van der Waals surface area (Å²) in [6, 6.07) is 14.6. The van der Waals surface area contributed by atoms with Crippen LogP contribution in [0.5, 0.6) is 0 Å². The van der Waals surface area contributed by atoms with Crippen molar-refractivity contribution in [1.82, 2.24) is 14.8 Å². The molecule has 0 radical (unpaired) electrons. The zero-order valence-electron chi connectivity index (χ0n) is 18.9. The van der Waals surface area contributed by atoms with E-state index in [1.165, 1.54) is 6.42 Å². The molecule has 174 valence electrons. The van der Waals surface area contributed by atoms with Gasteiger partial charge in [0.05, 0.1) is 6.42 Å². The molecule has 1 aliphatic carbocycles. The van der Waals surface area contributed by atoms with Crippen LogP contribution in [0.1, 0.15) is 54.3 Å². The highest BCUT2D eigenvalue weighted by molar-refractivity contribution is 7.10. The molecular weight excluding hydrogens is 454 g/mol. The Morgan fingerprint density at radius 2 is 1.91 bits per heavy atom. The number of halogens is 1. The van der Waals surface area contributed by atoms with Gasteiger partial charge in [-0.3, -0.25) is 9.59 Å². The Hall–Kier alpha value is -2.57. The highest BCUT2D eigenvalue weighted by atomic mass is 35.5. The first-order valence-electron chi connectivity index (χ1n) is 11.5. The fourth-order valence-electron chi connectivity index (χ4n) is 4.52. The summed E-state index contributed by atoms with van der Waals surface area (Å²) in [5.74, 6) is -0.224. The van der Waals surface area contributed by atoms with Crippen molar-refractivity contribution in [2.24, 2.45) is 7.05 Å². The molecule has 3 aromatic rings. The van der Waals surface area contributed by atoms with Gasteiger partial charge in [0.15, 0.2) is 6.04 Å². The number of nitrogens with zero attached hydrogens (tertiary/aromatic N) is 2. The second-order valence-corrected chi connectivity index (χ2v) is 10.1. The van der Waals surface area contributed by atoms with Crippen molar-refractivity contribution in [3.63, 3.8) is 0 Å². The van der Waals surface area contributed by atoms with Crippen molar-refractivity contribution in [1.29, 1.82) is 0 Å². The smallest absolute Gasteiger partial charge is 0.249 e. The number of thiophene rings is 1. The number of carbonyl (C=O) groups excluding carboxylic acids is 2. The molecule has 7 heteroatoms. The molecular formula is C26H30ClN3O2S. The second kappa shape index (κ2) is 11.0. The van der Waals surface area contributed by atoms with E-state index >= 15 is 0 Å². The highest BCUT2D eigenvalue weighted by Crippen LogP contribution is 2.28. The van der Waals surface area contributed by atoms with Gasteiger partial charge in [-0.25, -0.2) is 0 Å². The second-order valence-electron chi connectivity index (χ2n) is 8.66. The van der Waals surface area contributed by atoms with E-state index < -0.39 is 6.04 Å². The molecule has 0 spiro atoms. The van der Waals surface area contributed by atoms with Gasteiger partial charge in [0.2, 0.25) is 11.8 Å². The minimum absolute atomic E-state index is 0.0950. The quantitative estimate of drug-likeness (QED) is 0.459. The highest BCUT2D eigenvalue weighted by Gasteiger charge is 2.34. The van der Waals surface area contributed by atoms with Crippen LogP contribution in [0.2, 0.25) is 5.02 Å². The van der Waals surface area contributed by atoms with E-state index in [-0.39, 0.29) is 30.8 Å². The summed E-state index contributed by atoms with van der Waals surface area (Å²) in [5, 5.41) is 5.80. The molecule has 1 aliphatic rings. The molecule has 2 amide bonds. The lowest BCUT2D eigenvalue weighted by Gasteiger charge is -2.33. The van der Waals surface area contributed by atoms with Gasteiger partial charge in [-0.1, -0.05) is 55.1 Å². The molecule has 33 heavy (non-hydrogen) atoms. The first-order valence-corrected chi connectivity index (χ1v) is 12.8. The summed E-state index contributed by atoms with van der Waals surface area (Å²) in [6.07, 6.45) is 7.60. The third-order valence-electron chi connectivity index (χ3n) is 6.30. The third-order valence-corrected chi connectivity index (χ3v) is 7.55. The zero-order chi connectivity index (χ0) is 23.2. The topological polar surface area (TPSA) is 54.3 Å². The van der Waals surface area contributed by atoms with Gasteiger partial charge in [0.25, 0.3) is 0 Å². The minimum atomic E-state index is -0.740. The predicted molar refractivity (Wildman–Crippen MR) is 133 cm³/mol. The molecule has 1 saturated carbocycles. The van der Waals surface area contributed by atoms with Crippen molar-refractivity contribution in [3.05, 3.63) is 81.3 Å². The minimum Gasteiger partial charge on any atom is -0.352 e. The number of nitrogens with one attached hydrogen (secondary N) is 1. The molecule has 1 fully saturated rings. The van der Waals surface area contributed by atoms with Crippen molar-refractivity contribution in [2.75, 3.05) is 0 Å². The standard InChI is InChI=1S/C26H30ClN3O2S/c1-29-15-7-14-23(29)25(26(32)28-20-10-3-2-4-11-20)30(18-19-9-5-6-13-22(19)27)24(31)17-21-12-8-16-33-21/h5-9,12-16,20,25H,2-4,10-11,17-18H2,1H3,(H,28,32). The monoisotopic (exact) mass is 483 g/mol. The lowest BCUT2D eigenvalue weighted by atomic mass is 9.95. The summed E-state index contributed by atoms with van der Waals surface area (Å²) < 4.78 is 1.92. The summed E-state index contributed by atoms with van der Waals surface area (Å²) >= 11 is 8.02. The molecule has 4 rings (SSSR count). The number of benzene rings is 1. The maximum atomic E-state index is 13.7. The van der Waals surface area contributed by atoms with E-state index in [0.29, 0.717) is 5.02 Å². The van der Waals surface area contributed by atoms with Crippen LogP contribution in [0.25, 0.3) is 0 Å². The normalized spacial score (nSPS) is 15.2.